The number of likely N-dealkylation sites (N-methyl/N-ethyl adjacent to an activating group) is 4. The van der Waals surface area contributed by atoms with Crippen LogP contribution in [0, 0.1) is 0 Å². The zero-order valence-electron chi connectivity index (χ0n) is 11.9. The van der Waals surface area contributed by atoms with Gasteiger partial charge in [0.15, 0.2) is 0 Å². The van der Waals surface area contributed by atoms with Gasteiger partial charge in [0.1, 0.15) is 52.4 Å². The van der Waals surface area contributed by atoms with Crippen molar-refractivity contribution in [1.82, 2.24) is 0 Å². The summed E-state index contributed by atoms with van der Waals surface area (Å²) in [7, 11) is 10.2. The number of nitrogens with zero attached hydrogens (tertiary/aromatic N) is 4. The van der Waals surface area contributed by atoms with E-state index in [2.05, 4.69) is 28.2 Å². The lowest BCUT2D eigenvalue weighted by atomic mass is 10.3. The minimum absolute atomic E-state index is 0.444. The van der Waals surface area contributed by atoms with Crippen molar-refractivity contribution >= 4 is 0 Å². The van der Waals surface area contributed by atoms with Gasteiger partial charge in [0, 0.05) is 0 Å². The molecule has 4 saturated heterocycles. The summed E-state index contributed by atoms with van der Waals surface area (Å²) in [5.74, 6) is 0.444. The van der Waals surface area contributed by atoms with Crippen molar-refractivity contribution in [2.24, 2.45) is 0 Å². The molecule has 4 aliphatic rings. The molecule has 0 unspecified atom stereocenters. The fourth-order valence-electron chi connectivity index (χ4n) is 6.91. The standard InChI is InChI=1S/C13H28N4/c1-14-5-7-15(2)9-11-17(4)12-10-16(3,8-6-14)13(14,15)17/h5-12H2,1-4H3/q+4. The van der Waals surface area contributed by atoms with E-state index in [-0.39, 0.29) is 0 Å². The molecule has 4 fully saturated rings. The van der Waals surface area contributed by atoms with Gasteiger partial charge in [-0.05, 0) is 0 Å². The Morgan fingerprint density at radius 2 is 0.647 bits per heavy atom. The van der Waals surface area contributed by atoms with E-state index >= 15 is 0 Å². The van der Waals surface area contributed by atoms with Crippen LogP contribution in [0.25, 0.3) is 0 Å². The van der Waals surface area contributed by atoms with Gasteiger partial charge in [0.25, 0.3) is 0 Å². The molecule has 0 radical (unpaired) electrons. The summed E-state index contributed by atoms with van der Waals surface area (Å²) in [6.45, 7) is 11.2. The average Bonchev–Trinajstić information content (AvgIpc) is 2.83. The van der Waals surface area contributed by atoms with Crippen LogP contribution >= 0.6 is 0 Å². The van der Waals surface area contributed by atoms with Crippen LogP contribution in [0.2, 0.25) is 0 Å². The third-order valence-electron chi connectivity index (χ3n) is 7.25. The Labute approximate surface area is 105 Å². The summed E-state index contributed by atoms with van der Waals surface area (Å²) in [4.78, 5) is 0. The Bertz CT molecular complexity index is 309. The summed E-state index contributed by atoms with van der Waals surface area (Å²) in [5.41, 5.74) is 0. The summed E-state index contributed by atoms with van der Waals surface area (Å²) in [6, 6.07) is 0. The van der Waals surface area contributed by atoms with E-state index in [1.165, 1.54) is 70.3 Å². The highest BCUT2D eigenvalue weighted by atomic mass is 16.0. The predicted molar refractivity (Wildman–Crippen MR) is 66.4 cm³/mol. The third-order valence-corrected chi connectivity index (χ3v) is 7.25. The van der Waals surface area contributed by atoms with Gasteiger partial charge >= 0.3 is 5.91 Å². The summed E-state index contributed by atoms with van der Waals surface area (Å²) in [5, 5.41) is 0. The van der Waals surface area contributed by atoms with Crippen LogP contribution in [0.1, 0.15) is 0 Å². The number of rotatable bonds is 0. The fraction of sp³-hybridized carbons (Fsp3) is 1.00. The van der Waals surface area contributed by atoms with Gasteiger partial charge < -0.3 is 0 Å². The maximum Gasteiger partial charge on any atom is 0.480 e. The molecule has 4 rings (SSSR count). The minimum Gasteiger partial charge on any atom is -0.160 e. The van der Waals surface area contributed by atoms with Gasteiger partial charge in [-0.15, -0.1) is 0 Å². The third kappa shape index (κ3) is 0.744. The summed E-state index contributed by atoms with van der Waals surface area (Å²) >= 11 is 0. The molecule has 4 nitrogen and oxygen atoms in total. The van der Waals surface area contributed by atoms with Crippen molar-refractivity contribution in [3.8, 4) is 0 Å². The molecule has 0 aromatic rings. The average molecular weight is 240 g/mol. The van der Waals surface area contributed by atoms with Crippen molar-refractivity contribution < 1.29 is 17.9 Å². The van der Waals surface area contributed by atoms with Gasteiger partial charge in [-0.1, -0.05) is 0 Å². The van der Waals surface area contributed by atoms with Crippen LogP contribution in [0.4, 0.5) is 0 Å². The van der Waals surface area contributed by atoms with Crippen molar-refractivity contribution in [2.45, 2.75) is 5.91 Å². The molecule has 0 aromatic heterocycles. The highest BCUT2D eigenvalue weighted by Crippen LogP contribution is 2.59. The zero-order chi connectivity index (χ0) is 12.2. The molecule has 4 heteroatoms. The molecule has 4 heterocycles. The molecule has 0 atom stereocenters. The quantitative estimate of drug-likeness (QED) is 0.498. The minimum atomic E-state index is 0.444. The van der Waals surface area contributed by atoms with Gasteiger partial charge in [0.05, 0.1) is 28.2 Å². The van der Waals surface area contributed by atoms with E-state index in [1.54, 1.807) is 0 Å². The zero-order valence-corrected chi connectivity index (χ0v) is 11.9. The molecule has 0 N–H and O–H groups in total. The van der Waals surface area contributed by atoms with E-state index in [4.69, 9.17) is 0 Å². The Morgan fingerprint density at radius 1 is 0.471 bits per heavy atom. The van der Waals surface area contributed by atoms with Crippen molar-refractivity contribution in [3.05, 3.63) is 0 Å². The predicted octanol–water partition coefficient (Wildman–Crippen LogP) is -0.561. The van der Waals surface area contributed by atoms with E-state index in [0.29, 0.717) is 5.91 Å². The number of hydrogen-bond donors (Lipinski definition) is 0. The largest absolute Gasteiger partial charge is 0.480 e. The highest BCUT2D eigenvalue weighted by Gasteiger charge is 2.95. The van der Waals surface area contributed by atoms with Crippen LogP contribution in [0.15, 0.2) is 0 Å². The molecule has 0 amide bonds. The smallest absolute Gasteiger partial charge is 0.160 e. The molecule has 4 aliphatic heterocycles. The molecule has 0 aromatic carbocycles. The first-order chi connectivity index (χ1) is 7.83. The van der Waals surface area contributed by atoms with Crippen LogP contribution in [0.5, 0.6) is 0 Å². The normalized spacial score (nSPS) is 68.5. The van der Waals surface area contributed by atoms with Gasteiger partial charge in [-0.3, -0.25) is 0 Å². The first-order valence-corrected chi connectivity index (χ1v) is 7.21. The number of hydrogen-bond acceptors (Lipinski definition) is 0. The lowest BCUT2D eigenvalue weighted by Gasteiger charge is -2.46. The summed E-state index contributed by atoms with van der Waals surface area (Å²) in [6.07, 6.45) is 0. The second kappa shape index (κ2) is 2.44. The van der Waals surface area contributed by atoms with Crippen LogP contribution < -0.4 is 0 Å². The molecule has 1 spiro atoms. The lowest BCUT2D eigenvalue weighted by molar-refractivity contribution is -1.35. The monoisotopic (exact) mass is 240 g/mol. The lowest BCUT2D eigenvalue weighted by Crippen LogP contribution is -2.81. The van der Waals surface area contributed by atoms with Gasteiger partial charge in [-0.25, -0.2) is 0 Å². The molecule has 96 valence electrons. The van der Waals surface area contributed by atoms with Crippen molar-refractivity contribution in [1.29, 1.82) is 0 Å². The maximum atomic E-state index is 2.56. The van der Waals surface area contributed by atoms with E-state index < -0.39 is 0 Å². The van der Waals surface area contributed by atoms with Crippen LogP contribution in [-0.2, 0) is 0 Å². The van der Waals surface area contributed by atoms with E-state index in [0.717, 1.165) is 0 Å². The Kier molecular flexibility index (Phi) is 1.54. The van der Waals surface area contributed by atoms with E-state index in [9.17, 15) is 0 Å². The highest BCUT2D eigenvalue weighted by molar-refractivity contribution is 4.76. The van der Waals surface area contributed by atoms with Gasteiger partial charge in [0.2, 0.25) is 0 Å². The SMILES string of the molecule is C[N+]12CC[N+]3(C)CC[N+]4(C)CC[N+](C)(CC1)C234. The molecular weight excluding hydrogens is 212 g/mol. The maximum absolute atomic E-state index is 2.56. The van der Waals surface area contributed by atoms with E-state index in [1.807, 2.05) is 0 Å². The van der Waals surface area contributed by atoms with Crippen molar-refractivity contribution in [2.75, 3.05) is 80.5 Å². The first kappa shape index (κ1) is 10.7. The Morgan fingerprint density at radius 3 is 0.824 bits per heavy atom. The molecule has 0 bridgehead atoms. The Hall–Kier alpha value is -0.160. The van der Waals surface area contributed by atoms with Crippen molar-refractivity contribution in [3.63, 3.8) is 0 Å². The molecule has 0 aliphatic carbocycles. The molecular formula is C13H28N4+4. The topological polar surface area (TPSA) is 0 Å². The Balaban J connectivity index is 2.06. The second-order valence-corrected chi connectivity index (χ2v) is 7.97. The van der Waals surface area contributed by atoms with Crippen LogP contribution in [0.3, 0.4) is 0 Å². The first-order valence-electron chi connectivity index (χ1n) is 7.21. The fourth-order valence-corrected chi connectivity index (χ4v) is 6.91. The molecule has 17 heavy (non-hydrogen) atoms. The molecule has 0 saturated carbocycles. The number of quaternary nitrogens is 4. The van der Waals surface area contributed by atoms with Crippen LogP contribution in [-0.4, -0.2) is 104 Å². The second-order valence-electron chi connectivity index (χ2n) is 7.97. The van der Waals surface area contributed by atoms with Gasteiger partial charge in [-0.2, -0.15) is 17.9 Å². The summed E-state index contributed by atoms with van der Waals surface area (Å²) < 4.78 is 5.38.